The highest BCUT2D eigenvalue weighted by atomic mass is 16.5. The third-order valence-corrected chi connectivity index (χ3v) is 2.28. The van der Waals surface area contributed by atoms with E-state index < -0.39 is 0 Å². The first-order chi connectivity index (χ1) is 7.78. The summed E-state index contributed by atoms with van der Waals surface area (Å²) in [6.45, 7) is 2.10. The molecule has 0 aliphatic carbocycles. The van der Waals surface area contributed by atoms with Gasteiger partial charge < -0.3 is 9.63 Å². The Labute approximate surface area is 93.9 Å². The van der Waals surface area contributed by atoms with Gasteiger partial charge in [0.25, 0.3) is 0 Å². The second-order valence-corrected chi connectivity index (χ2v) is 3.74. The Hall–Kier alpha value is -1.68. The van der Waals surface area contributed by atoms with E-state index in [1.165, 1.54) is 5.56 Å². The first kappa shape index (κ1) is 10.8. The van der Waals surface area contributed by atoms with E-state index in [4.69, 9.17) is 9.63 Å². The van der Waals surface area contributed by atoms with Crippen molar-refractivity contribution in [3.8, 4) is 0 Å². The van der Waals surface area contributed by atoms with E-state index in [0.717, 1.165) is 5.56 Å². The maximum Gasteiger partial charge on any atom is 0.231 e. The predicted molar refractivity (Wildman–Crippen MR) is 59.1 cm³/mol. The molecule has 0 fully saturated rings. The fourth-order valence-corrected chi connectivity index (χ4v) is 1.56. The Kier molecular flexibility index (Phi) is 3.31. The summed E-state index contributed by atoms with van der Waals surface area (Å²) in [5, 5.41) is 12.5. The molecule has 0 spiro atoms. The Bertz CT molecular complexity index is 466. The summed E-state index contributed by atoms with van der Waals surface area (Å²) >= 11 is 0. The van der Waals surface area contributed by atoms with E-state index in [2.05, 4.69) is 29.2 Å². The summed E-state index contributed by atoms with van der Waals surface area (Å²) in [5.41, 5.74) is 2.37. The Morgan fingerprint density at radius 2 is 2.25 bits per heavy atom. The number of hydrogen-bond donors (Lipinski definition) is 1. The van der Waals surface area contributed by atoms with E-state index in [0.29, 0.717) is 24.6 Å². The van der Waals surface area contributed by atoms with Crippen molar-refractivity contribution >= 4 is 0 Å². The normalized spacial score (nSPS) is 10.6. The van der Waals surface area contributed by atoms with Gasteiger partial charge in [-0.05, 0) is 12.5 Å². The molecule has 0 atom stereocenters. The molecule has 4 nitrogen and oxygen atoms in total. The molecule has 1 aromatic carbocycles. The molecule has 0 bridgehead atoms. The van der Waals surface area contributed by atoms with Crippen LogP contribution in [0.25, 0.3) is 0 Å². The summed E-state index contributed by atoms with van der Waals surface area (Å²) < 4.78 is 5.09. The maximum atomic E-state index is 8.73. The van der Waals surface area contributed by atoms with Gasteiger partial charge in [-0.3, -0.25) is 0 Å². The second-order valence-electron chi connectivity index (χ2n) is 3.74. The molecule has 0 radical (unpaired) electrons. The molecule has 4 heteroatoms. The minimum Gasteiger partial charge on any atom is -0.396 e. The maximum absolute atomic E-state index is 8.73. The van der Waals surface area contributed by atoms with E-state index in [1.807, 2.05) is 12.1 Å². The van der Waals surface area contributed by atoms with Crippen LogP contribution in [0.15, 0.2) is 28.8 Å². The van der Waals surface area contributed by atoms with Crippen LogP contribution in [0.5, 0.6) is 0 Å². The van der Waals surface area contributed by atoms with Crippen molar-refractivity contribution in [1.29, 1.82) is 0 Å². The van der Waals surface area contributed by atoms with Crippen LogP contribution in [0.1, 0.15) is 22.8 Å². The number of rotatable bonds is 4. The molecular formula is C12H14N2O2. The van der Waals surface area contributed by atoms with Gasteiger partial charge in [0.2, 0.25) is 5.89 Å². The summed E-state index contributed by atoms with van der Waals surface area (Å²) in [6, 6.07) is 8.18. The first-order valence-electron chi connectivity index (χ1n) is 5.26. The minimum absolute atomic E-state index is 0.0451. The van der Waals surface area contributed by atoms with Crippen LogP contribution in [0.4, 0.5) is 0 Å². The molecule has 0 unspecified atom stereocenters. The van der Waals surface area contributed by atoms with Gasteiger partial charge in [-0.15, -0.1) is 0 Å². The minimum atomic E-state index is 0.0451. The van der Waals surface area contributed by atoms with Crippen LogP contribution in [0, 0.1) is 6.92 Å². The van der Waals surface area contributed by atoms with E-state index in [1.54, 1.807) is 0 Å². The number of aliphatic hydroxyl groups is 1. The fraction of sp³-hybridized carbons (Fsp3) is 0.333. The smallest absolute Gasteiger partial charge is 0.231 e. The quantitative estimate of drug-likeness (QED) is 0.845. The van der Waals surface area contributed by atoms with E-state index in [9.17, 15) is 0 Å². The molecule has 1 N–H and O–H groups in total. The number of nitrogens with zero attached hydrogens (tertiary/aromatic N) is 2. The Morgan fingerprint density at radius 3 is 3.00 bits per heavy atom. The van der Waals surface area contributed by atoms with Gasteiger partial charge >= 0.3 is 0 Å². The molecule has 16 heavy (non-hydrogen) atoms. The fourth-order valence-electron chi connectivity index (χ4n) is 1.56. The topological polar surface area (TPSA) is 59.2 Å². The van der Waals surface area contributed by atoms with Gasteiger partial charge in [-0.2, -0.15) is 4.98 Å². The third kappa shape index (κ3) is 2.67. The number of benzene rings is 1. The van der Waals surface area contributed by atoms with Gasteiger partial charge in [0, 0.05) is 6.42 Å². The molecule has 0 aliphatic rings. The molecule has 0 saturated carbocycles. The van der Waals surface area contributed by atoms with Crippen LogP contribution < -0.4 is 0 Å². The summed E-state index contributed by atoms with van der Waals surface area (Å²) in [7, 11) is 0. The molecule has 2 aromatic rings. The number of hydrogen-bond acceptors (Lipinski definition) is 4. The van der Waals surface area contributed by atoms with E-state index in [-0.39, 0.29) is 6.61 Å². The highest BCUT2D eigenvalue weighted by Crippen LogP contribution is 2.09. The monoisotopic (exact) mass is 218 g/mol. The average Bonchev–Trinajstić information content (AvgIpc) is 2.66. The number of aryl methyl sites for hydroxylation is 1. The number of aromatic nitrogens is 2. The second kappa shape index (κ2) is 4.90. The molecule has 1 heterocycles. The van der Waals surface area contributed by atoms with Crippen molar-refractivity contribution in [2.45, 2.75) is 19.8 Å². The summed E-state index contributed by atoms with van der Waals surface area (Å²) in [5.74, 6) is 1.15. The van der Waals surface area contributed by atoms with Crippen LogP contribution in [0.3, 0.4) is 0 Å². The lowest BCUT2D eigenvalue weighted by molar-refractivity contribution is 0.293. The Morgan fingerprint density at radius 1 is 1.38 bits per heavy atom. The zero-order valence-electron chi connectivity index (χ0n) is 9.18. The standard InChI is InChI=1S/C12H14N2O2/c1-9-3-2-4-10(7-9)8-12-13-11(5-6-15)14-16-12/h2-4,7,15H,5-6,8H2,1H3. The molecule has 0 amide bonds. The van der Waals surface area contributed by atoms with Crippen LogP contribution >= 0.6 is 0 Å². The highest BCUT2D eigenvalue weighted by molar-refractivity contribution is 5.24. The largest absolute Gasteiger partial charge is 0.396 e. The van der Waals surface area contributed by atoms with E-state index >= 15 is 0 Å². The van der Waals surface area contributed by atoms with Crippen LogP contribution in [-0.4, -0.2) is 21.9 Å². The van der Waals surface area contributed by atoms with Crippen molar-refractivity contribution in [3.05, 3.63) is 47.1 Å². The molecule has 0 saturated heterocycles. The molecule has 1 aromatic heterocycles. The lowest BCUT2D eigenvalue weighted by atomic mass is 10.1. The zero-order chi connectivity index (χ0) is 11.4. The predicted octanol–water partition coefficient (Wildman–Crippen LogP) is 1.50. The van der Waals surface area contributed by atoms with Crippen LogP contribution in [-0.2, 0) is 12.8 Å². The summed E-state index contributed by atoms with van der Waals surface area (Å²) in [6.07, 6.45) is 1.08. The van der Waals surface area contributed by atoms with Crippen molar-refractivity contribution in [3.63, 3.8) is 0 Å². The lowest BCUT2D eigenvalue weighted by Crippen LogP contribution is -1.94. The van der Waals surface area contributed by atoms with Gasteiger partial charge in [-0.1, -0.05) is 35.0 Å². The lowest BCUT2D eigenvalue weighted by Gasteiger charge is -1.97. The van der Waals surface area contributed by atoms with Crippen molar-refractivity contribution in [2.75, 3.05) is 6.61 Å². The Balaban J connectivity index is 2.08. The summed E-state index contributed by atoms with van der Waals surface area (Å²) in [4.78, 5) is 4.19. The molecular weight excluding hydrogens is 204 g/mol. The van der Waals surface area contributed by atoms with Crippen LogP contribution in [0.2, 0.25) is 0 Å². The highest BCUT2D eigenvalue weighted by Gasteiger charge is 2.06. The van der Waals surface area contributed by atoms with Gasteiger partial charge in [0.15, 0.2) is 5.82 Å². The van der Waals surface area contributed by atoms with Gasteiger partial charge in [-0.25, -0.2) is 0 Å². The molecule has 0 aliphatic heterocycles. The zero-order valence-corrected chi connectivity index (χ0v) is 9.18. The molecule has 2 rings (SSSR count). The first-order valence-corrected chi connectivity index (χ1v) is 5.26. The third-order valence-electron chi connectivity index (χ3n) is 2.28. The van der Waals surface area contributed by atoms with Gasteiger partial charge in [0.05, 0.1) is 13.0 Å². The number of aliphatic hydroxyl groups excluding tert-OH is 1. The van der Waals surface area contributed by atoms with Gasteiger partial charge in [0.1, 0.15) is 0 Å². The van der Waals surface area contributed by atoms with Crippen molar-refractivity contribution in [1.82, 2.24) is 10.1 Å². The molecule has 84 valence electrons. The SMILES string of the molecule is Cc1cccc(Cc2nc(CCO)no2)c1. The van der Waals surface area contributed by atoms with Crippen molar-refractivity contribution in [2.24, 2.45) is 0 Å². The van der Waals surface area contributed by atoms with Crippen molar-refractivity contribution < 1.29 is 9.63 Å². The average molecular weight is 218 g/mol.